The molecule has 2 aromatic heterocycles. The second-order valence-electron chi connectivity index (χ2n) is 6.76. The normalized spacial score (nSPS) is 12.8. The van der Waals surface area contributed by atoms with Crippen LogP contribution in [-0.4, -0.2) is 49.4 Å². The van der Waals surface area contributed by atoms with Crippen molar-refractivity contribution in [3.63, 3.8) is 0 Å². The van der Waals surface area contributed by atoms with E-state index >= 15 is 0 Å². The van der Waals surface area contributed by atoms with E-state index in [1.807, 2.05) is 0 Å². The molecule has 0 spiro atoms. The lowest BCUT2D eigenvalue weighted by Crippen LogP contribution is -2.24. The van der Waals surface area contributed by atoms with Gasteiger partial charge in [-0.15, -0.1) is 0 Å². The zero-order valence-electron chi connectivity index (χ0n) is 17.0. The van der Waals surface area contributed by atoms with Crippen LogP contribution in [0.2, 0.25) is 0 Å². The summed E-state index contributed by atoms with van der Waals surface area (Å²) < 4.78 is 77.7. The molecule has 0 unspecified atom stereocenters. The number of anilines is 5. The lowest BCUT2D eigenvalue weighted by Gasteiger charge is -2.14. The van der Waals surface area contributed by atoms with Crippen LogP contribution in [0.4, 0.5) is 55.7 Å². The predicted molar refractivity (Wildman–Crippen MR) is 109 cm³/mol. The monoisotopic (exact) mass is 489 g/mol. The van der Waals surface area contributed by atoms with Gasteiger partial charge in [0.25, 0.3) is 0 Å². The molecule has 0 saturated heterocycles. The zero-order valence-corrected chi connectivity index (χ0v) is 17.0. The highest BCUT2D eigenvalue weighted by molar-refractivity contribution is 5.58. The molecular weight excluding hydrogens is 472 g/mol. The molecule has 9 nitrogen and oxygen atoms in total. The Bertz CT molecular complexity index is 1050. The van der Waals surface area contributed by atoms with E-state index in [0.29, 0.717) is 0 Å². The van der Waals surface area contributed by atoms with Gasteiger partial charge in [-0.05, 0) is 30.3 Å². The summed E-state index contributed by atoms with van der Waals surface area (Å²) in [5.41, 5.74) is -2.12. The Morgan fingerprint density at radius 3 is 2.09 bits per heavy atom. The molecule has 1 aromatic carbocycles. The van der Waals surface area contributed by atoms with Gasteiger partial charge in [-0.25, -0.2) is 4.98 Å². The minimum atomic E-state index is -4.69. The van der Waals surface area contributed by atoms with E-state index in [9.17, 15) is 31.4 Å². The molecule has 1 atom stereocenters. The molecule has 0 aliphatic rings. The second kappa shape index (κ2) is 10.0. The summed E-state index contributed by atoms with van der Waals surface area (Å²) in [7, 11) is 0. The van der Waals surface area contributed by atoms with E-state index in [4.69, 9.17) is 5.11 Å². The van der Waals surface area contributed by atoms with Gasteiger partial charge in [-0.3, -0.25) is 0 Å². The molecule has 3 rings (SSSR count). The molecule has 5 N–H and O–H groups in total. The van der Waals surface area contributed by atoms with Gasteiger partial charge in [-0.1, -0.05) is 12.1 Å². The maximum Gasteiger partial charge on any atom is 0.433 e. The van der Waals surface area contributed by atoms with Gasteiger partial charge in [-0.2, -0.15) is 41.3 Å². The van der Waals surface area contributed by atoms with Gasteiger partial charge in [0.2, 0.25) is 17.8 Å². The van der Waals surface area contributed by atoms with E-state index in [0.717, 1.165) is 30.3 Å². The summed E-state index contributed by atoms with van der Waals surface area (Å²) in [5, 5.41) is 26.1. The van der Waals surface area contributed by atoms with Crippen molar-refractivity contribution in [1.29, 1.82) is 0 Å². The Balaban J connectivity index is 1.91. The molecule has 0 bridgehead atoms. The van der Waals surface area contributed by atoms with Gasteiger partial charge in [0, 0.05) is 12.2 Å². The van der Waals surface area contributed by atoms with Crippen LogP contribution in [0.25, 0.3) is 0 Å². The topological polar surface area (TPSA) is 128 Å². The number of hydrogen-bond donors (Lipinski definition) is 5. The third-order valence-corrected chi connectivity index (χ3v) is 4.07. The lowest BCUT2D eigenvalue weighted by atomic mass is 10.2. The molecule has 2 heterocycles. The fourth-order valence-electron chi connectivity index (χ4n) is 2.52. The van der Waals surface area contributed by atoms with Crippen molar-refractivity contribution in [2.75, 3.05) is 29.1 Å². The zero-order chi connectivity index (χ0) is 24.9. The molecule has 3 aromatic rings. The highest BCUT2D eigenvalue weighted by Gasteiger charge is 2.32. The third-order valence-electron chi connectivity index (χ3n) is 4.07. The van der Waals surface area contributed by atoms with E-state index < -0.39 is 36.3 Å². The maximum absolute atomic E-state index is 13.0. The van der Waals surface area contributed by atoms with Crippen LogP contribution in [0.5, 0.6) is 0 Å². The first-order valence-corrected chi connectivity index (χ1v) is 9.48. The van der Waals surface area contributed by atoms with Crippen molar-refractivity contribution >= 4 is 29.4 Å². The Morgan fingerprint density at radius 1 is 0.794 bits per heavy atom. The van der Waals surface area contributed by atoms with Crippen molar-refractivity contribution in [2.24, 2.45) is 0 Å². The number of benzene rings is 1. The van der Waals surface area contributed by atoms with Crippen LogP contribution < -0.4 is 16.0 Å². The Kier molecular flexibility index (Phi) is 7.36. The summed E-state index contributed by atoms with van der Waals surface area (Å²) in [6.07, 6.45) is -10.5. The number of alkyl halides is 6. The molecule has 0 amide bonds. The van der Waals surface area contributed by atoms with Crippen molar-refractivity contribution in [3.8, 4) is 0 Å². The molecule has 15 heteroatoms. The van der Waals surface area contributed by atoms with Gasteiger partial charge < -0.3 is 26.2 Å². The standard InChI is InChI=1S/C19H17F6N7O2/c20-18(21,22)10-3-1-4-11(7-10)27-16-30-15(26-8-12(34)9-33)31-17(32-16)29-14-6-2-5-13(28-14)19(23,24)25/h1-7,12,33-34H,8-9H2,(H3,26,27,28,29,30,31,32)/t12-/m0/s1. The maximum atomic E-state index is 13.0. The van der Waals surface area contributed by atoms with Gasteiger partial charge >= 0.3 is 12.4 Å². The smallest absolute Gasteiger partial charge is 0.394 e. The van der Waals surface area contributed by atoms with Gasteiger partial charge in [0.1, 0.15) is 11.5 Å². The molecule has 0 aliphatic heterocycles. The van der Waals surface area contributed by atoms with Crippen LogP contribution in [0.15, 0.2) is 42.5 Å². The minimum absolute atomic E-state index is 0.0227. The summed E-state index contributed by atoms with van der Waals surface area (Å²) in [5.74, 6) is -0.999. The molecule has 0 aliphatic carbocycles. The molecule has 0 fully saturated rings. The number of aliphatic hydroxyl groups is 2. The highest BCUT2D eigenvalue weighted by atomic mass is 19.4. The molecule has 182 valence electrons. The predicted octanol–water partition coefficient (Wildman–Crippen LogP) is 3.56. The average Bonchev–Trinajstić information content (AvgIpc) is 2.76. The Morgan fingerprint density at radius 2 is 1.44 bits per heavy atom. The lowest BCUT2D eigenvalue weighted by molar-refractivity contribution is -0.141. The number of nitrogens with one attached hydrogen (secondary N) is 3. The first-order valence-electron chi connectivity index (χ1n) is 9.48. The van der Waals surface area contributed by atoms with E-state index in [1.165, 1.54) is 12.1 Å². The molecule has 34 heavy (non-hydrogen) atoms. The van der Waals surface area contributed by atoms with Crippen molar-refractivity contribution in [2.45, 2.75) is 18.5 Å². The van der Waals surface area contributed by atoms with Crippen LogP contribution in [0.1, 0.15) is 11.3 Å². The number of rotatable bonds is 8. The third kappa shape index (κ3) is 6.89. The summed E-state index contributed by atoms with van der Waals surface area (Å²) in [4.78, 5) is 15.3. The Hall–Kier alpha value is -3.72. The second-order valence-corrected chi connectivity index (χ2v) is 6.76. The number of halogens is 6. The highest BCUT2D eigenvalue weighted by Crippen LogP contribution is 2.31. The van der Waals surface area contributed by atoms with Crippen molar-refractivity contribution in [3.05, 3.63) is 53.7 Å². The fraction of sp³-hybridized carbons (Fsp3) is 0.263. The average molecular weight is 489 g/mol. The van der Waals surface area contributed by atoms with Crippen molar-refractivity contribution < 1.29 is 36.6 Å². The fourth-order valence-corrected chi connectivity index (χ4v) is 2.52. The van der Waals surface area contributed by atoms with E-state index in [2.05, 4.69) is 35.9 Å². The molecule has 0 radical (unpaired) electrons. The van der Waals surface area contributed by atoms with Crippen molar-refractivity contribution in [1.82, 2.24) is 19.9 Å². The molecular formula is C19H17F6N7O2. The van der Waals surface area contributed by atoms with Gasteiger partial charge in [0.05, 0.1) is 18.3 Å². The number of hydrogen-bond acceptors (Lipinski definition) is 9. The van der Waals surface area contributed by atoms with Crippen LogP contribution in [0, 0.1) is 0 Å². The summed E-state index contributed by atoms with van der Waals surface area (Å²) in [6, 6.07) is 7.27. The van der Waals surface area contributed by atoms with E-state index in [-0.39, 0.29) is 35.9 Å². The van der Waals surface area contributed by atoms with Crippen LogP contribution >= 0.6 is 0 Å². The minimum Gasteiger partial charge on any atom is -0.394 e. The quantitative estimate of drug-likeness (QED) is 0.302. The SMILES string of the molecule is OC[C@@H](O)CNc1nc(Nc2cccc(C(F)(F)F)c2)nc(Nc2cccc(C(F)(F)F)n2)n1. The number of aliphatic hydroxyl groups excluding tert-OH is 2. The largest absolute Gasteiger partial charge is 0.433 e. The number of aromatic nitrogens is 4. The van der Waals surface area contributed by atoms with E-state index in [1.54, 1.807) is 0 Å². The first kappa shape index (κ1) is 24.9. The van der Waals surface area contributed by atoms with Crippen LogP contribution in [0.3, 0.4) is 0 Å². The number of pyridine rings is 1. The Labute approximate surface area is 187 Å². The molecule has 0 saturated carbocycles. The van der Waals surface area contributed by atoms with Crippen LogP contribution in [-0.2, 0) is 12.4 Å². The first-order chi connectivity index (χ1) is 15.9. The summed E-state index contributed by atoms with van der Waals surface area (Å²) in [6.45, 7) is -0.780. The van der Waals surface area contributed by atoms with Gasteiger partial charge in [0.15, 0.2) is 0 Å². The summed E-state index contributed by atoms with van der Waals surface area (Å²) >= 11 is 0. The number of nitrogens with zero attached hydrogens (tertiary/aromatic N) is 4.